The van der Waals surface area contributed by atoms with E-state index >= 15 is 0 Å². The lowest BCUT2D eigenvalue weighted by Crippen LogP contribution is -1.90. The summed E-state index contributed by atoms with van der Waals surface area (Å²) in [6.07, 6.45) is 1.43. The van der Waals surface area contributed by atoms with Gasteiger partial charge in [0.05, 0.1) is 10.7 Å². The molecular weight excluding hydrogens is 248 g/mol. The van der Waals surface area contributed by atoms with Gasteiger partial charge in [-0.3, -0.25) is 0 Å². The summed E-state index contributed by atoms with van der Waals surface area (Å²) in [5.41, 5.74) is 0. The van der Waals surface area contributed by atoms with Crippen LogP contribution in [0.2, 0.25) is 0 Å². The van der Waals surface area contributed by atoms with Crippen LogP contribution in [0.15, 0.2) is 12.3 Å². The maximum Gasteiger partial charge on any atom is 0.216 e. The molecule has 0 aliphatic rings. The van der Waals surface area contributed by atoms with Gasteiger partial charge >= 0.3 is 0 Å². The highest BCUT2D eigenvalue weighted by atomic mass is 127. The van der Waals surface area contributed by atoms with Crippen LogP contribution in [-0.2, 0) is 0 Å². The van der Waals surface area contributed by atoms with Crippen molar-refractivity contribution in [3.63, 3.8) is 0 Å². The Morgan fingerprint density at radius 3 is 2.90 bits per heavy atom. The summed E-state index contributed by atoms with van der Waals surface area (Å²) in [4.78, 5) is 3.43. The van der Waals surface area contributed by atoms with Crippen molar-refractivity contribution in [3.05, 3.63) is 21.8 Å². The van der Waals surface area contributed by atoms with E-state index in [-0.39, 0.29) is 0 Å². The summed E-state index contributed by atoms with van der Waals surface area (Å²) in [6, 6.07) is 1.25. The van der Waals surface area contributed by atoms with Crippen molar-refractivity contribution in [2.24, 2.45) is 0 Å². The lowest BCUT2D eigenvalue weighted by atomic mass is 10.4. The zero-order valence-electron chi connectivity index (χ0n) is 5.27. The first-order chi connectivity index (χ1) is 4.74. The number of pyridine rings is 1. The zero-order valence-corrected chi connectivity index (χ0v) is 7.42. The second-order valence-corrected chi connectivity index (χ2v) is 2.80. The summed E-state index contributed by atoms with van der Waals surface area (Å²) >= 11 is 2.02. The molecule has 1 aromatic rings. The molecule has 0 radical (unpaired) electrons. The molecule has 4 heteroatoms. The molecule has 0 amide bonds. The van der Waals surface area contributed by atoms with Crippen molar-refractivity contribution in [1.82, 2.24) is 4.98 Å². The summed E-state index contributed by atoms with van der Waals surface area (Å²) in [6.45, 7) is 0. The number of hydrogen-bond donors (Lipinski definition) is 0. The smallest absolute Gasteiger partial charge is 0.216 e. The molecule has 1 aromatic heterocycles. The molecule has 1 rings (SSSR count). The molecule has 0 saturated heterocycles. The van der Waals surface area contributed by atoms with Crippen LogP contribution < -0.4 is 4.74 Å². The SMILES string of the molecule is COc1cc(F)ncc1I. The fraction of sp³-hybridized carbons (Fsp3) is 0.167. The summed E-state index contributed by atoms with van der Waals surface area (Å²) < 4.78 is 18.0. The van der Waals surface area contributed by atoms with E-state index in [2.05, 4.69) is 4.98 Å². The van der Waals surface area contributed by atoms with Crippen LogP contribution in [0.5, 0.6) is 5.75 Å². The van der Waals surface area contributed by atoms with Gasteiger partial charge in [0.15, 0.2) is 0 Å². The average molecular weight is 253 g/mol. The number of halogens is 2. The molecule has 0 unspecified atom stereocenters. The summed E-state index contributed by atoms with van der Waals surface area (Å²) in [5, 5.41) is 0. The Morgan fingerprint density at radius 1 is 1.70 bits per heavy atom. The molecule has 54 valence electrons. The number of ether oxygens (including phenoxy) is 1. The molecule has 0 N–H and O–H groups in total. The maximum absolute atomic E-state index is 12.3. The first-order valence-corrected chi connectivity index (χ1v) is 3.67. The fourth-order valence-corrected chi connectivity index (χ4v) is 1.07. The van der Waals surface area contributed by atoms with Gasteiger partial charge in [0.25, 0.3) is 0 Å². The van der Waals surface area contributed by atoms with Gasteiger partial charge in [-0.15, -0.1) is 0 Å². The maximum atomic E-state index is 12.3. The normalized spacial score (nSPS) is 9.50. The van der Waals surface area contributed by atoms with Gasteiger partial charge in [0.1, 0.15) is 5.75 Å². The van der Waals surface area contributed by atoms with E-state index in [1.165, 1.54) is 19.4 Å². The van der Waals surface area contributed by atoms with Crippen LogP contribution in [0.4, 0.5) is 4.39 Å². The Bertz CT molecular complexity index is 241. The lowest BCUT2D eigenvalue weighted by molar-refractivity contribution is 0.406. The molecule has 0 spiro atoms. The largest absolute Gasteiger partial charge is 0.495 e. The molecule has 0 bridgehead atoms. The Morgan fingerprint density at radius 2 is 2.40 bits per heavy atom. The molecule has 2 nitrogen and oxygen atoms in total. The van der Waals surface area contributed by atoms with Crippen LogP contribution in [-0.4, -0.2) is 12.1 Å². The first kappa shape index (κ1) is 7.71. The third-order valence-electron chi connectivity index (χ3n) is 1.01. The van der Waals surface area contributed by atoms with Gasteiger partial charge in [0.2, 0.25) is 5.95 Å². The highest BCUT2D eigenvalue weighted by Crippen LogP contribution is 2.18. The van der Waals surface area contributed by atoms with E-state index in [0.29, 0.717) is 5.75 Å². The third kappa shape index (κ3) is 1.56. The Labute approximate surface area is 71.6 Å². The summed E-state index contributed by atoms with van der Waals surface area (Å²) in [5.74, 6) is 0.00497. The Balaban J connectivity index is 3.09. The molecule has 0 saturated carbocycles. The van der Waals surface area contributed by atoms with Crippen molar-refractivity contribution >= 4 is 22.6 Å². The predicted molar refractivity (Wildman–Crippen MR) is 43.5 cm³/mol. The van der Waals surface area contributed by atoms with E-state index in [1.54, 1.807) is 0 Å². The highest BCUT2D eigenvalue weighted by molar-refractivity contribution is 14.1. The third-order valence-corrected chi connectivity index (χ3v) is 1.82. The van der Waals surface area contributed by atoms with Gasteiger partial charge in [-0.1, -0.05) is 0 Å². The van der Waals surface area contributed by atoms with Crippen LogP contribution in [0.1, 0.15) is 0 Å². The molecule has 0 aliphatic carbocycles. The van der Waals surface area contributed by atoms with Gasteiger partial charge < -0.3 is 4.74 Å². The average Bonchev–Trinajstić information content (AvgIpc) is 1.94. The highest BCUT2D eigenvalue weighted by Gasteiger charge is 2.00. The summed E-state index contributed by atoms with van der Waals surface area (Å²) in [7, 11) is 1.50. The van der Waals surface area contributed by atoms with Gasteiger partial charge in [-0.05, 0) is 22.6 Å². The van der Waals surface area contributed by atoms with E-state index in [0.717, 1.165) is 3.57 Å². The minimum absolute atomic E-state index is 0.516. The Hall–Kier alpha value is -0.390. The van der Waals surface area contributed by atoms with E-state index in [4.69, 9.17) is 4.74 Å². The predicted octanol–water partition coefficient (Wildman–Crippen LogP) is 1.83. The molecule has 0 aromatic carbocycles. The fourth-order valence-electron chi connectivity index (χ4n) is 0.553. The first-order valence-electron chi connectivity index (χ1n) is 2.59. The Kier molecular flexibility index (Phi) is 2.42. The van der Waals surface area contributed by atoms with E-state index in [9.17, 15) is 4.39 Å². The molecule has 0 atom stereocenters. The molecule has 0 fully saturated rings. The standard InChI is InChI=1S/C6H5FINO/c1-10-5-2-6(7)9-3-4(5)8/h2-3H,1H3. The van der Waals surface area contributed by atoms with Gasteiger partial charge in [-0.2, -0.15) is 4.39 Å². The van der Waals surface area contributed by atoms with Crippen molar-refractivity contribution in [1.29, 1.82) is 0 Å². The lowest BCUT2D eigenvalue weighted by Gasteiger charge is -2.00. The topological polar surface area (TPSA) is 22.1 Å². The number of hydrogen-bond acceptors (Lipinski definition) is 2. The van der Waals surface area contributed by atoms with Gasteiger partial charge in [0, 0.05) is 12.3 Å². The second-order valence-electron chi connectivity index (χ2n) is 1.64. The molecule has 10 heavy (non-hydrogen) atoms. The zero-order chi connectivity index (χ0) is 7.56. The van der Waals surface area contributed by atoms with E-state index < -0.39 is 5.95 Å². The van der Waals surface area contributed by atoms with Crippen molar-refractivity contribution in [3.8, 4) is 5.75 Å². The number of methoxy groups -OCH3 is 1. The van der Waals surface area contributed by atoms with Crippen molar-refractivity contribution < 1.29 is 9.13 Å². The van der Waals surface area contributed by atoms with Crippen molar-refractivity contribution in [2.45, 2.75) is 0 Å². The number of rotatable bonds is 1. The monoisotopic (exact) mass is 253 g/mol. The quantitative estimate of drug-likeness (QED) is 0.562. The molecule has 1 heterocycles. The van der Waals surface area contributed by atoms with Crippen LogP contribution in [0, 0.1) is 9.52 Å². The van der Waals surface area contributed by atoms with Crippen LogP contribution >= 0.6 is 22.6 Å². The van der Waals surface area contributed by atoms with Crippen LogP contribution in [0.25, 0.3) is 0 Å². The van der Waals surface area contributed by atoms with Crippen LogP contribution in [0.3, 0.4) is 0 Å². The second kappa shape index (κ2) is 3.14. The van der Waals surface area contributed by atoms with Crippen molar-refractivity contribution in [2.75, 3.05) is 7.11 Å². The number of aromatic nitrogens is 1. The number of nitrogens with zero attached hydrogens (tertiary/aromatic N) is 1. The van der Waals surface area contributed by atoms with E-state index in [1.807, 2.05) is 22.6 Å². The van der Waals surface area contributed by atoms with Gasteiger partial charge in [-0.25, -0.2) is 4.98 Å². The molecular formula is C6H5FINO. The minimum Gasteiger partial charge on any atom is -0.495 e. The molecule has 0 aliphatic heterocycles. The minimum atomic E-state index is -0.516.